The van der Waals surface area contributed by atoms with Crippen LogP contribution in [0.4, 0.5) is 0 Å². The molecule has 3 nitrogen and oxygen atoms in total. The maximum Gasteiger partial charge on any atom is 0.327 e. The predicted octanol–water partition coefficient (Wildman–Crippen LogP) is 0.0255. The molecule has 0 aromatic heterocycles. The number of carbonyl (C=O) groups is 1. The van der Waals surface area contributed by atoms with Crippen molar-refractivity contribution in [2.45, 2.75) is 5.54 Å². The van der Waals surface area contributed by atoms with Crippen molar-refractivity contribution in [1.82, 2.24) is 0 Å². The van der Waals surface area contributed by atoms with Crippen LogP contribution in [0.1, 0.15) is 0 Å². The summed E-state index contributed by atoms with van der Waals surface area (Å²) < 4.78 is 4.48. The van der Waals surface area contributed by atoms with Gasteiger partial charge in [-0.25, -0.2) is 0 Å². The molecule has 0 aromatic rings. The van der Waals surface area contributed by atoms with Crippen molar-refractivity contribution in [2.75, 3.05) is 18.6 Å². The molecule has 60 valence electrons. The molecule has 0 spiro atoms. The van der Waals surface area contributed by atoms with Crippen LogP contribution in [0.25, 0.3) is 0 Å². The van der Waals surface area contributed by atoms with E-state index < -0.39 is 5.54 Å². The number of carbonyl (C=O) groups excluding carboxylic acids is 1. The van der Waals surface area contributed by atoms with E-state index in [4.69, 9.17) is 5.73 Å². The zero-order valence-corrected chi connectivity index (χ0v) is 7.26. The lowest BCUT2D eigenvalue weighted by Crippen LogP contribution is -2.59. The Hall–Kier alpha value is 0.0700. The molecule has 2 N–H and O–H groups in total. The average Bonchev–Trinajstić information content (AvgIpc) is 1.81. The number of methoxy groups -OCH3 is 1. The Morgan fingerprint density at radius 2 is 2.20 bits per heavy atom. The molecule has 1 heterocycles. The number of rotatable bonds is 1. The summed E-state index contributed by atoms with van der Waals surface area (Å²) >= 11 is 1.66. The monoisotopic (exact) mass is 183 g/mol. The van der Waals surface area contributed by atoms with Crippen LogP contribution >= 0.6 is 24.2 Å². The Morgan fingerprint density at radius 1 is 1.70 bits per heavy atom. The topological polar surface area (TPSA) is 52.3 Å². The van der Waals surface area contributed by atoms with Crippen LogP contribution in [-0.2, 0) is 9.53 Å². The maximum atomic E-state index is 10.8. The standard InChI is InChI=1S/C5H9NO2S.ClH/c1-8-4(7)5(6)2-9-3-5;/h2-3,6H2,1H3;1H. The SMILES string of the molecule is COC(=O)C1(N)CSC1.Cl. The molecular formula is C5H10ClNO2S. The van der Waals surface area contributed by atoms with E-state index in [2.05, 4.69) is 4.74 Å². The molecule has 1 rings (SSSR count). The van der Waals surface area contributed by atoms with E-state index in [1.54, 1.807) is 11.8 Å². The fourth-order valence-electron chi connectivity index (χ4n) is 0.643. The predicted molar refractivity (Wildman–Crippen MR) is 43.5 cm³/mol. The number of esters is 1. The van der Waals surface area contributed by atoms with Gasteiger partial charge in [0.2, 0.25) is 0 Å². The number of nitrogens with two attached hydrogens (primary N) is 1. The Kier molecular flexibility index (Phi) is 3.48. The Labute approximate surface area is 70.1 Å². The Balaban J connectivity index is 0.000000810. The van der Waals surface area contributed by atoms with Gasteiger partial charge in [0.1, 0.15) is 5.54 Å². The maximum absolute atomic E-state index is 10.8. The summed E-state index contributed by atoms with van der Waals surface area (Å²) in [6.07, 6.45) is 0. The van der Waals surface area contributed by atoms with Crippen molar-refractivity contribution < 1.29 is 9.53 Å². The van der Waals surface area contributed by atoms with Crippen LogP contribution in [0.3, 0.4) is 0 Å². The third-order valence-electron chi connectivity index (χ3n) is 1.31. The van der Waals surface area contributed by atoms with Crippen molar-refractivity contribution >= 4 is 30.1 Å². The summed E-state index contributed by atoms with van der Waals surface area (Å²) in [5, 5.41) is 0. The zero-order chi connectivity index (χ0) is 6.91. The van der Waals surface area contributed by atoms with Gasteiger partial charge in [-0.3, -0.25) is 4.79 Å². The van der Waals surface area contributed by atoms with Gasteiger partial charge < -0.3 is 10.5 Å². The molecule has 0 saturated carbocycles. The van der Waals surface area contributed by atoms with Crippen LogP contribution in [-0.4, -0.2) is 30.1 Å². The molecule has 0 aliphatic carbocycles. The molecule has 0 radical (unpaired) electrons. The first-order valence-electron chi connectivity index (χ1n) is 2.64. The van der Waals surface area contributed by atoms with Gasteiger partial charge >= 0.3 is 5.97 Å². The molecule has 5 heteroatoms. The van der Waals surface area contributed by atoms with Gasteiger partial charge in [0.05, 0.1) is 7.11 Å². The highest BCUT2D eigenvalue weighted by Gasteiger charge is 2.42. The molecular weight excluding hydrogens is 174 g/mol. The van der Waals surface area contributed by atoms with Crippen molar-refractivity contribution in [3.8, 4) is 0 Å². The minimum Gasteiger partial charge on any atom is -0.468 e. The first-order valence-corrected chi connectivity index (χ1v) is 3.79. The minimum absolute atomic E-state index is 0. The molecule has 0 unspecified atom stereocenters. The van der Waals surface area contributed by atoms with Crippen molar-refractivity contribution in [3.05, 3.63) is 0 Å². The van der Waals surface area contributed by atoms with Crippen LogP contribution in [0.5, 0.6) is 0 Å². The van der Waals surface area contributed by atoms with Crippen LogP contribution < -0.4 is 5.73 Å². The van der Waals surface area contributed by atoms with Gasteiger partial charge in [0.15, 0.2) is 0 Å². The fraction of sp³-hybridized carbons (Fsp3) is 0.800. The van der Waals surface area contributed by atoms with Gasteiger partial charge in [0.25, 0.3) is 0 Å². The summed E-state index contributed by atoms with van der Waals surface area (Å²) in [5.41, 5.74) is 4.89. The summed E-state index contributed by atoms with van der Waals surface area (Å²) in [7, 11) is 1.36. The Bertz CT molecular complexity index is 138. The van der Waals surface area contributed by atoms with E-state index in [1.807, 2.05) is 0 Å². The van der Waals surface area contributed by atoms with E-state index >= 15 is 0 Å². The van der Waals surface area contributed by atoms with E-state index in [1.165, 1.54) is 7.11 Å². The number of hydrogen-bond acceptors (Lipinski definition) is 4. The fourth-order valence-corrected chi connectivity index (χ4v) is 1.52. The van der Waals surface area contributed by atoms with Gasteiger partial charge in [-0.15, -0.1) is 12.4 Å². The lowest BCUT2D eigenvalue weighted by atomic mass is 10.1. The van der Waals surface area contributed by atoms with Gasteiger partial charge in [0, 0.05) is 11.5 Å². The molecule has 0 aromatic carbocycles. The smallest absolute Gasteiger partial charge is 0.327 e. The zero-order valence-electron chi connectivity index (χ0n) is 5.62. The third kappa shape index (κ3) is 1.56. The lowest BCUT2D eigenvalue weighted by Gasteiger charge is -2.33. The van der Waals surface area contributed by atoms with Crippen LogP contribution in [0.2, 0.25) is 0 Å². The number of hydrogen-bond donors (Lipinski definition) is 1. The van der Waals surface area contributed by atoms with Gasteiger partial charge in [-0.1, -0.05) is 0 Å². The number of ether oxygens (including phenoxy) is 1. The normalized spacial score (nSPS) is 20.2. The molecule has 1 saturated heterocycles. The van der Waals surface area contributed by atoms with E-state index in [0.29, 0.717) is 11.5 Å². The largest absolute Gasteiger partial charge is 0.468 e. The Morgan fingerprint density at radius 3 is 2.30 bits per heavy atom. The highest BCUT2D eigenvalue weighted by Crippen LogP contribution is 2.27. The number of thioether (sulfide) groups is 1. The average molecular weight is 184 g/mol. The van der Waals surface area contributed by atoms with E-state index in [0.717, 1.165) is 0 Å². The van der Waals surface area contributed by atoms with E-state index in [9.17, 15) is 4.79 Å². The second-order valence-corrected chi connectivity index (χ2v) is 3.13. The number of halogens is 1. The summed E-state index contributed by atoms with van der Waals surface area (Å²) in [5.74, 6) is 1.10. The highest BCUT2D eigenvalue weighted by molar-refractivity contribution is 8.01. The van der Waals surface area contributed by atoms with Crippen LogP contribution in [0, 0.1) is 0 Å². The van der Waals surface area contributed by atoms with Crippen LogP contribution in [0.15, 0.2) is 0 Å². The molecule has 0 amide bonds. The summed E-state index contributed by atoms with van der Waals surface area (Å²) in [4.78, 5) is 10.8. The summed E-state index contributed by atoms with van der Waals surface area (Å²) in [6.45, 7) is 0. The molecule has 1 aliphatic rings. The molecule has 0 bridgehead atoms. The third-order valence-corrected chi connectivity index (χ3v) is 2.75. The van der Waals surface area contributed by atoms with Gasteiger partial charge in [-0.2, -0.15) is 11.8 Å². The minimum atomic E-state index is -0.667. The van der Waals surface area contributed by atoms with Crippen molar-refractivity contribution in [3.63, 3.8) is 0 Å². The second-order valence-electron chi connectivity index (χ2n) is 2.14. The lowest BCUT2D eigenvalue weighted by molar-refractivity contribution is -0.145. The highest BCUT2D eigenvalue weighted by atomic mass is 35.5. The van der Waals surface area contributed by atoms with Gasteiger partial charge in [-0.05, 0) is 0 Å². The van der Waals surface area contributed by atoms with E-state index in [-0.39, 0.29) is 18.4 Å². The first kappa shape index (κ1) is 10.1. The summed E-state index contributed by atoms with van der Waals surface area (Å²) in [6, 6.07) is 0. The molecule has 0 atom stereocenters. The van der Waals surface area contributed by atoms with Crippen molar-refractivity contribution in [1.29, 1.82) is 0 Å². The molecule has 1 fully saturated rings. The van der Waals surface area contributed by atoms with Crippen molar-refractivity contribution in [2.24, 2.45) is 5.73 Å². The quantitative estimate of drug-likeness (QED) is 0.583. The first-order chi connectivity index (χ1) is 4.19. The molecule has 10 heavy (non-hydrogen) atoms. The second kappa shape index (κ2) is 3.46. The molecule has 1 aliphatic heterocycles.